The molecule has 0 heterocycles. The van der Waals surface area contributed by atoms with E-state index in [1.54, 1.807) is 24.3 Å². The summed E-state index contributed by atoms with van der Waals surface area (Å²) in [5, 5.41) is 11.0. The van der Waals surface area contributed by atoms with E-state index in [9.17, 15) is 14.5 Å². The topological polar surface area (TPSA) is 78.4 Å². The van der Waals surface area contributed by atoms with Crippen LogP contribution < -0.4 is 10.5 Å². The lowest BCUT2D eigenvalue weighted by Gasteiger charge is -2.13. The summed E-state index contributed by atoms with van der Waals surface area (Å²) in [7, 11) is 1.37. The molecule has 1 atom stereocenters. The van der Waals surface area contributed by atoms with E-state index in [1.165, 1.54) is 25.3 Å². The highest BCUT2D eigenvalue weighted by molar-refractivity contribution is 5.41. The van der Waals surface area contributed by atoms with Crippen molar-refractivity contribution in [1.82, 2.24) is 0 Å². The zero-order chi connectivity index (χ0) is 15.4. The van der Waals surface area contributed by atoms with Gasteiger partial charge in [0.05, 0.1) is 12.0 Å². The minimum absolute atomic E-state index is 0.0297. The third-order valence-electron chi connectivity index (χ3n) is 3.23. The average Bonchev–Trinajstić information content (AvgIpc) is 2.48. The van der Waals surface area contributed by atoms with Crippen molar-refractivity contribution in [1.29, 1.82) is 0 Å². The highest BCUT2D eigenvalue weighted by Gasteiger charge is 2.17. The summed E-state index contributed by atoms with van der Waals surface area (Å²) in [6.07, 6.45) is 0.284. The number of nitrogens with zero attached hydrogens (tertiary/aromatic N) is 1. The Morgan fingerprint density at radius 2 is 2.05 bits per heavy atom. The van der Waals surface area contributed by atoms with Crippen LogP contribution in [0, 0.1) is 15.9 Å². The third kappa shape index (κ3) is 3.35. The quantitative estimate of drug-likeness (QED) is 0.678. The molecule has 2 N–H and O–H groups in total. The zero-order valence-electron chi connectivity index (χ0n) is 11.5. The van der Waals surface area contributed by atoms with Crippen molar-refractivity contribution in [3.8, 4) is 5.75 Å². The summed E-state index contributed by atoms with van der Waals surface area (Å²) in [6, 6.07) is 10.3. The van der Waals surface area contributed by atoms with Crippen molar-refractivity contribution in [3.05, 3.63) is 69.5 Å². The predicted molar refractivity (Wildman–Crippen MR) is 76.7 cm³/mol. The van der Waals surface area contributed by atoms with Gasteiger partial charge in [0.2, 0.25) is 0 Å². The summed E-state index contributed by atoms with van der Waals surface area (Å²) >= 11 is 0. The number of nitro benzene ring substituents is 1. The van der Waals surface area contributed by atoms with Crippen LogP contribution in [0.25, 0.3) is 0 Å². The molecule has 2 rings (SSSR count). The molecule has 6 heteroatoms. The maximum absolute atomic E-state index is 13.4. The first-order valence-corrected chi connectivity index (χ1v) is 6.34. The Balaban J connectivity index is 2.26. The molecule has 0 aliphatic carbocycles. The lowest BCUT2D eigenvalue weighted by atomic mass is 9.98. The summed E-state index contributed by atoms with van der Waals surface area (Å²) in [5.41, 5.74) is 7.30. The third-order valence-corrected chi connectivity index (χ3v) is 3.23. The van der Waals surface area contributed by atoms with Crippen LogP contribution in [0.5, 0.6) is 5.75 Å². The van der Waals surface area contributed by atoms with Crippen molar-refractivity contribution in [2.75, 3.05) is 7.11 Å². The van der Waals surface area contributed by atoms with Gasteiger partial charge in [0.1, 0.15) is 0 Å². The number of para-hydroxylation sites is 1. The van der Waals surface area contributed by atoms with Gasteiger partial charge in [-0.1, -0.05) is 24.3 Å². The normalized spacial score (nSPS) is 12.0. The van der Waals surface area contributed by atoms with Crippen LogP contribution in [0.1, 0.15) is 17.2 Å². The van der Waals surface area contributed by atoms with Crippen LogP contribution in [0.2, 0.25) is 0 Å². The monoisotopic (exact) mass is 290 g/mol. The molecule has 0 saturated carbocycles. The highest BCUT2D eigenvalue weighted by Crippen LogP contribution is 2.26. The SMILES string of the molecule is COc1cc(C(N)Cc2ccccc2[N+](=O)[O-])ccc1F. The van der Waals surface area contributed by atoms with Gasteiger partial charge in [-0.15, -0.1) is 0 Å². The molecule has 0 bridgehead atoms. The number of nitro groups is 1. The minimum atomic E-state index is -0.486. The molecule has 0 aliphatic rings. The number of nitrogens with two attached hydrogens (primary N) is 1. The number of halogens is 1. The number of methoxy groups -OCH3 is 1. The highest BCUT2D eigenvalue weighted by atomic mass is 19.1. The van der Waals surface area contributed by atoms with Crippen molar-refractivity contribution in [2.24, 2.45) is 5.73 Å². The van der Waals surface area contributed by atoms with Crippen LogP contribution in [0.4, 0.5) is 10.1 Å². The standard InChI is InChI=1S/C15H15FN2O3/c1-21-15-9-10(6-7-12(15)16)13(17)8-11-4-2-3-5-14(11)18(19)20/h2-7,9,13H,8,17H2,1H3. The molecule has 110 valence electrons. The van der Waals surface area contributed by atoms with Gasteiger partial charge in [-0.2, -0.15) is 0 Å². The minimum Gasteiger partial charge on any atom is -0.494 e. The zero-order valence-corrected chi connectivity index (χ0v) is 11.5. The average molecular weight is 290 g/mol. The molecule has 0 amide bonds. The van der Waals surface area contributed by atoms with Crippen LogP contribution in [0.15, 0.2) is 42.5 Å². The number of rotatable bonds is 5. The molecule has 1 unspecified atom stereocenters. The van der Waals surface area contributed by atoms with Crippen LogP contribution in [-0.4, -0.2) is 12.0 Å². The molecule has 0 spiro atoms. The van der Waals surface area contributed by atoms with Gasteiger partial charge in [-0.05, 0) is 24.1 Å². The van der Waals surface area contributed by atoms with Crippen molar-refractivity contribution >= 4 is 5.69 Å². The Hall–Kier alpha value is -2.47. The first-order valence-electron chi connectivity index (χ1n) is 6.34. The molecule has 0 radical (unpaired) electrons. The van der Waals surface area contributed by atoms with Gasteiger partial charge in [-0.25, -0.2) is 4.39 Å². The Bertz CT molecular complexity index is 661. The van der Waals surface area contributed by atoms with E-state index in [0.717, 1.165) is 0 Å². The maximum atomic E-state index is 13.4. The number of hydrogen-bond donors (Lipinski definition) is 1. The number of hydrogen-bond acceptors (Lipinski definition) is 4. The molecule has 5 nitrogen and oxygen atoms in total. The predicted octanol–water partition coefficient (Wildman–Crippen LogP) is 2.99. The maximum Gasteiger partial charge on any atom is 0.272 e. The first kappa shape index (κ1) is 14.9. The van der Waals surface area contributed by atoms with Gasteiger partial charge in [-0.3, -0.25) is 10.1 Å². The molecule has 0 aliphatic heterocycles. The number of ether oxygens (including phenoxy) is 1. The molecule has 2 aromatic rings. The second-order valence-electron chi connectivity index (χ2n) is 4.59. The lowest BCUT2D eigenvalue weighted by molar-refractivity contribution is -0.385. The molecule has 0 aromatic heterocycles. The fourth-order valence-electron chi connectivity index (χ4n) is 2.12. The first-order chi connectivity index (χ1) is 10.0. The van der Waals surface area contributed by atoms with Crippen LogP contribution in [0.3, 0.4) is 0 Å². The largest absolute Gasteiger partial charge is 0.494 e. The summed E-state index contributed by atoms with van der Waals surface area (Å²) in [5.74, 6) is -0.371. The van der Waals surface area contributed by atoms with Gasteiger partial charge in [0, 0.05) is 17.7 Å². The molecule has 2 aromatic carbocycles. The Labute approximate surface area is 121 Å². The van der Waals surface area contributed by atoms with Crippen molar-refractivity contribution < 1.29 is 14.1 Å². The molecular formula is C15H15FN2O3. The molecular weight excluding hydrogens is 275 g/mol. The Kier molecular flexibility index (Phi) is 4.49. The van der Waals surface area contributed by atoms with Crippen LogP contribution >= 0.6 is 0 Å². The van der Waals surface area contributed by atoms with Crippen molar-refractivity contribution in [3.63, 3.8) is 0 Å². The van der Waals surface area contributed by atoms with Gasteiger partial charge in [0.15, 0.2) is 11.6 Å². The fraction of sp³-hybridized carbons (Fsp3) is 0.200. The number of benzene rings is 2. The fourth-order valence-corrected chi connectivity index (χ4v) is 2.12. The van der Waals surface area contributed by atoms with E-state index in [4.69, 9.17) is 10.5 Å². The van der Waals surface area contributed by atoms with Crippen LogP contribution in [-0.2, 0) is 6.42 Å². The van der Waals surface area contributed by atoms with E-state index in [2.05, 4.69) is 0 Å². The van der Waals surface area contributed by atoms with E-state index in [-0.39, 0.29) is 17.9 Å². The summed E-state index contributed by atoms with van der Waals surface area (Å²) in [4.78, 5) is 10.5. The van der Waals surface area contributed by atoms with Gasteiger partial charge >= 0.3 is 0 Å². The van der Waals surface area contributed by atoms with E-state index >= 15 is 0 Å². The molecule has 0 fully saturated rings. The Morgan fingerprint density at radius 1 is 1.33 bits per heavy atom. The van der Waals surface area contributed by atoms with Crippen molar-refractivity contribution in [2.45, 2.75) is 12.5 Å². The second-order valence-corrected chi connectivity index (χ2v) is 4.59. The van der Waals surface area contributed by atoms with E-state index in [1.807, 2.05) is 0 Å². The van der Waals surface area contributed by atoms with E-state index < -0.39 is 16.8 Å². The summed E-state index contributed by atoms with van der Waals surface area (Å²) in [6.45, 7) is 0. The summed E-state index contributed by atoms with van der Waals surface area (Å²) < 4.78 is 18.3. The molecule has 21 heavy (non-hydrogen) atoms. The molecule has 0 saturated heterocycles. The lowest BCUT2D eigenvalue weighted by Crippen LogP contribution is -2.14. The van der Waals surface area contributed by atoms with E-state index in [0.29, 0.717) is 11.1 Å². The Morgan fingerprint density at radius 3 is 2.71 bits per heavy atom. The smallest absolute Gasteiger partial charge is 0.272 e. The van der Waals surface area contributed by atoms with Gasteiger partial charge < -0.3 is 10.5 Å². The second kappa shape index (κ2) is 6.32. The van der Waals surface area contributed by atoms with Gasteiger partial charge in [0.25, 0.3) is 5.69 Å².